The molecule has 1 atom stereocenters. The van der Waals surface area contributed by atoms with Gasteiger partial charge in [-0.15, -0.1) is 0 Å². The van der Waals surface area contributed by atoms with Crippen LogP contribution in [0, 0.1) is 5.92 Å². The molecule has 0 aliphatic rings. The van der Waals surface area contributed by atoms with Crippen molar-refractivity contribution in [2.24, 2.45) is 11.7 Å². The number of anilines is 1. The maximum Gasteiger partial charge on any atom is 0.345 e. The van der Waals surface area contributed by atoms with Gasteiger partial charge in [0.25, 0.3) is 0 Å². The maximum atomic E-state index is 12.1. The van der Waals surface area contributed by atoms with E-state index in [-0.39, 0.29) is 5.91 Å². The van der Waals surface area contributed by atoms with Crippen LogP contribution in [0.4, 0.5) is 5.69 Å². The minimum Gasteiger partial charge on any atom is -0.422 e. The summed E-state index contributed by atoms with van der Waals surface area (Å²) in [4.78, 5) is 28.1. The van der Waals surface area contributed by atoms with Crippen LogP contribution in [0.1, 0.15) is 20.3 Å². The number of hydrogen-bond donors (Lipinski definition) is 2. The molecular weight excluding hydrogens is 306 g/mol. The van der Waals surface area contributed by atoms with Crippen molar-refractivity contribution in [3.8, 4) is 0 Å². The Balaban J connectivity index is 1.96. The second-order valence-corrected chi connectivity index (χ2v) is 6.25. The van der Waals surface area contributed by atoms with Gasteiger partial charge in [-0.1, -0.05) is 13.8 Å². The third kappa shape index (κ3) is 3.14. The number of rotatable bonds is 4. The summed E-state index contributed by atoms with van der Waals surface area (Å²) < 4.78 is 5.34. The van der Waals surface area contributed by atoms with Crippen molar-refractivity contribution >= 4 is 33.3 Å². The Bertz CT molecular complexity index is 963. The van der Waals surface area contributed by atoms with Gasteiger partial charge in [-0.2, -0.15) is 0 Å². The van der Waals surface area contributed by atoms with Crippen molar-refractivity contribution in [2.75, 3.05) is 5.32 Å². The van der Waals surface area contributed by atoms with Gasteiger partial charge < -0.3 is 15.5 Å². The van der Waals surface area contributed by atoms with Crippen molar-refractivity contribution in [3.63, 3.8) is 0 Å². The van der Waals surface area contributed by atoms with Crippen LogP contribution in [0.5, 0.6) is 0 Å². The molecule has 124 valence electrons. The summed E-state index contributed by atoms with van der Waals surface area (Å²) >= 11 is 0. The number of nitrogens with two attached hydrogens (primary N) is 1. The van der Waals surface area contributed by atoms with Gasteiger partial charge in [-0.25, -0.2) is 4.79 Å². The second kappa shape index (κ2) is 6.41. The maximum absolute atomic E-state index is 12.1. The summed E-state index contributed by atoms with van der Waals surface area (Å²) in [5.41, 5.74) is 6.39. The molecule has 6 heteroatoms. The number of pyridine rings is 1. The summed E-state index contributed by atoms with van der Waals surface area (Å²) in [7, 11) is 0. The molecule has 3 N–H and O–H groups in total. The molecule has 0 fully saturated rings. The molecule has 0 saturated carbocycles. The Kier molecular flexibility index (Phi) is 4.31. The summed E-state index contributed by atoms with van der Waals surface area (Å²) in [6, 6.07) is 6.41. The highest BCUT2D eigenvalue weighted by Crippen LogP contribution is 2.25. The normalized spacial score (nSPS) is 12.7. The van der Waals surface area contributed by atoms with Crippen molar-refractivity contribution in [1.29, 1.82) is 0 Å². The molecule has 3 aromatic rings. The van der Waals surface area contributed by atoms with Gasteiger partial charge in [-0.3, -0.25) is 9.78 Å². The number of amides is 1. The first-order chi connectivity index (χ1) is 11.5. The van der Waals surface area contributed by atoms with E-state index < -0.39 is 11.7 Å². The second-order valence-electron chi connectivity index (χ2n) is 6.25. The van der Waals surface area contributed by atoms with E-state index >= 15 is 0 Å². The van der Waals surface area contributed by atoms with Gasteiger partial charge in [0.2, 0.25) is 5.91 Å². The van der Waals surface area contributed by atoms with Crippen molar-refractivity contribution in [1.82, 2.24) is 4.98 Å². The summed E-state index contributed by atoms with van der Waals surface area (Å²) in [5.74, 6) is 0.0794. The molecule has 0 radical (unpaired) electrons. The molecule has 2 aromatic heterocycles. The van der Waals surface area contributed by atoms with Gasteiger partial charge in [-0.05, 0) is 30.5 Å². The van der Waals surface area contributed by atoms with E-state index in [2.05, 4.69) is 10.3 Å². The molecule has 1 aromatic carbocycles. The van der Waals surface area contributed by atoms with E-state index in [9.17, 15) is 9.59 Å². The lowest BCUT2D eigenvalue weighted by molar-refractivity contribution is -0.117. The predicted molar refractivity (Wildman–Crippen MR) is 93.8 cm³/mol. The smallest absolute Gasteiger partial charge is 0.345 e. The number of nitrogens with zero attached hydrogens (tertiary/aromatic N) is 1. The number of hydrogen-bond acceptors (Lipinski definition) is 5. The van der Waals surface area contributed by atoms with Gasteiger partial charge in [0, 0.05) is 34.9 Å². The molecule has 1 unspecified atom stereocenters. The van der Waals surface area contributed by atoms with Gasteiger partial charge >= 0.3 is 5.63 Å². The number of benzene rings is 1. The molecular formula is C18H19N3O3. The van der Waals surface area contributed by atoms with Gasteiger partial charge in [0.05, 0.1) is 11.4 Å². The first-order valence-corrected chi connectivity index (χ1v) is 7.82. The number of fused-ring (bicyclic) bond motifs is 3. The monoisotopic (exact) mass is 325 g/mol. The van der Waals surface area contributed by atoms with Crippen LogP contribution in [0.3, 0.4) is 0 Å². The predicted octanol–water partition coefficient (Wildman–Crippen LogP) is 2.65. The molecule has 0 aliphatic heterocycles. The number of nitrogens with one attached hydrogen (secondary N) is 1. The third-order valence-corrected chi connectivity index (χ3v) is 3.85. The largest absolute Gasteiger partial charge is 0.422 e. The first-order valence-electron chi connectivity index (χ1n) is 7.82. The number of carbonyl (C=O) groups is 1. The lowest BCUT2D eigenvalue weighted by Crippen LogP contribution is -2.36. The Morgan fingerprint density at radius 1 is 1.25 bits per heavy atom. The van der Waals surface area contributed by atoms with E-state index in [1.165, 1.54) is 6.20 Å². The molecule has 0 saturated heterocycles. The minimum absolute atomic E-state index is 0.254. The van der Waals surface area contributed by atoms with Crippen LogP contribution >= 0.6 is 0 Å². The van der Waals surface area contributed by atoms with E-state index in [0.29, 0.717) is 29.0 Å². The topological polar surface area (TPSA) is 98.2 Å². The fourth-order valence-corrected chi connectivity index (χ4v) is 2.70. The Labute approximate surface area is 138 Å². The Morgan fingerprint density at radius 2 is 2.04 bits per heavy atom. The fourth-order valence-electron chi connectivity index (χ4n) is 2.70. The standard InChI is InChI=1S/C18H19N3O3/c1-10(2)7-15(19)17(22)21-11-3-4-13-12-5-6-20-9-14(12)18(23)24-16(13)8-11/h3-6,8-10,15H,7,19H2,1-2H3,(H,21,22). The first kappa shape index (κ1) is 16.1. The molecule has 3 rings (SSSR count). The average molecular weight is 325 g/mol. The quantitative estimate of drug-likeness (QED) is 0.567. The van der Waals surface area contributed by atoms with E-state index in [1.54, 1.807) is 24.4 Å². The van der Waals surface area contributed by atoms with Crippen LogP contribution in [-0.2, 0) is 4.79 Å². The molecule has 2 heterocycles. The zero-order valence-corrected chi connectivity index (χ0v) is 13.6. The van der Waals surface area contributed by atoms with Crippen LogP contribution in [0.2, 0.25) is 0 Å². The van der Waals surface area contributed by atoms with Crippen LogP contribution in [0.25, 0.3) is 21.7 Å². The van der Waals surface area contributed by atoms with Gasteiger partial charge in [0.15, 0.2) is 0 Å². The van der Waals surface area contributed by atoms with Crippen LogP contribution in [0.15, 0.2) is 45.9 Å². The lowest BCUT2D eigenvalue weighted by Gasteiger charge is -2.14. The lowest BCUT2D eigenvalue weighted by atomic mass is 10.0. The zero-order valence-electron chi connectivity index (χ0n) is 13.6. The van der Waals surface area contributed by atoms with E-state index in [1.807, 2.05) is 19.9 Å². The number of aromatic nitrogens is 1. The van der Waals surface area contributed by atoms with Crippen LogP contribution in [-0.4, -0.2) is 16.9 Å². The molecule has 6 nitrogen and oxygen atoms in total. The summed E-state index contributed by atoms with van der Waals surface area (Å²) in [5, 5.41) is 4.76. The highest BCUT2D eigenvalue weighted by molar-refractivity contribution is 6.05. The minimum atomic E-state index is -0.574. The zero-order chi connectivity index (χ0) is 17.3. The van der Waals surface area contributed by atoms with E-state index in [0.717, 1.165) is 10.8 Å². The molecule has 0 bridgehead atoms. The molecule has 0 spiro atoms. The average Bonchev–Trinajstić information content (AvgIpc) is 2.54. The Hall–Kier alpha value is -2.73. The summed E-state index contributed by atoms with van der Waals surface area (Å²) in [6.07, 6.45) is 3.72. The molecule has 0 aliphatic carbocycles. The number of carbonyl (C=O) groups excluding carboxylic acids is 1. The fraction of sp³-hybridized carbons (Fsp3) is 0.278. The summed E-state index contributed by atoms with van der Waals surface area (Å²) in [6.45, 7) is 4.02. The third-order valence-electron chi connectivity index (χ3n) is 3.85. The highest BCUT2D eigenvalue weighted by Gasteiger charge is 2.16. The van der Waals surface area contributed by atoms with Crippen molar-refractivity contribution in [2.45, 2.75) is 26.3 Å². The van der Waals surface area contributed by atoms with E-state index in [4.69, 9.17) is 10.2 Å². The highest BCUT2D eigenvalue weighted by atomic mass is 16.4. The van der Waals surface area contributed by atoms with Crippen molar-refractivity contribution in [3.05, 3.63) is 47.1 Å². The molecule has 24 heavy (non-hydrogen) atoms. The van der Waals surface area contributed by atoms with Gasteiger partial charge in [0.1, 0.15) is 5.58 Å². The van der Waals surface area contributed by atoms with Crippen LogP contribution < -0.4 is 16.7 Å². The van der Waals surface area contributed by atoms with Crippen molar-refractivity contribution < 1.29 is 9.21 Å². The molecule has 1 amide bonds. The SMILES string of the molecule is CC(C)CC(N)C(=O)Nc1ccc2c(c1)oc(=O)c1cnccc12. The Morgan fingerprint density at radius 3 is 2.79 bits per heavy atom.